The number of benzene rings is 1. The number of hydrogen-bond donors (Lipinski definition) is 0. The normalized spacial score (nSPS) is 10.2. The first kappa shape index (κ1) is 10.2. The first-order chi connectivity index (χ1) is 7.36. The van der Waals surface area contributed by atoms with Crippen molar-refractivity contribution in [2.75, 3.05) is 6.61 Å². The summed E-state index contributed by atoms with van der Waals surface area (Å²) in [5.74, 6) is 0.0237. The van der Waals surface area contributed by atoms with Crippen LogP contribution in [0.2, 0.25) is 0 Å². The summed E-state index contributed by atoms with van der Waals surface area (Å²) in [5.41, 5.74) is 1.23. The second-order valence-corrected chi connectivity index (χ2v) is 3.94. The van der Waals surface area contributed by atoms with Crippen LogP contribution < -0.4 is 4.74 Å². The van der Waals surface area contributed by atoms with E-state index in [2.05, 4.69) is 11.4 Å². The highest BCUT2D eigenvalue weighted by atomic mass is 32.1. The molecule has 2 aromatic rings. The molecule has 0 N–H and O–H groups in total. The molecular weight excluding hydrogens is 211 g/mol. The summed E-state index contributed by atoms with van der Waals surface area (Å²) in [6.07, 6.45) is 0.817. The molecule has 78 valence electrons. The highest BCUT2D eigenvalue weighted by molar-refractivity contribution is 7.07. The molecule has 0 saturated carbocycles. The Labute approximate surface area is 92.1 Å². The maximum Gasteiger partial charge on any atom is 0.165 e. The van der Waals surface area contributed by atoms with E-state index < -0.39 is 0 Å². The van der Waals surface area contributed by atoms with E-state index in [1.165, 1.54) is 11.6 Å². The van der Waals surface area contributed by atoms with Crippen LogP contribution in [0.1, 0.15) is 5.56 Å². The Hall–Kier alpha value is -1.35. The second-order valence-electron chi connectivity index (χ2n) is 3.16. The van der Waals surface area contributed by atoms with Crippen molar-refractivity contribution < 1.29 is 9.13 Å². The van der Waals surface area contributed by atoms with Crippen LogP contribution in [-0.2, 0) is 6.42 Å². The molecule has 0 radical (unpaired) electrons. The van der Waals surface area contributed by atoms with Gasteiger partial charge in [-0.2, -0.15) is 11.3 Å². The molecule has 1 heterocycles. The van der Waals surface area contributed by atoms with E-state index in [4.69, 9.17) is 4.74 Å². The average molecular weight is 222 g/mol. The van der Waals surface area contributed by atoms with Gasteiger partial charge in [0, 0.05) is 6.42 Å². The summed E-state index contributed by atoms with van der Waals surface area (Å²) in [4.78, 5) is 0. The molecule has 0 fully saturated rings. The standard InChI is InChI=1S/C12H11FOS/c13-11-3-1-2-4-12(11)14-7-5-10-6-8-15-9-10/h1-4,6,8-9H,5,7H2. The van der Waals surface area contributed by atoms with Gasteiger partial charge in [-0.1, -0.05) is 12.1 Å². The molecule has 2 rings (SSSR count). The molecule has 0 unspecified atom stereocenters. The fraction of sp³-hybridized carbons (Fsp3) is 0.167. The summed E-state index contributed by atoms with van der Waals surface area (Å²) in [6, 6.07) is 8.52. The minimum Gasteiger partial charge on any atom is -0.490 e. The van der Waals surface area contributed by atoms with E-state index in [9.17, 15) is 4.39 Å². The Morgan fingerprint density at radius 3 is 2.80 bits per heavy atom. The molecule has 0 spiro atoms. The first-order valence-electron chi connectivity index (χ1n) is 4.74. The average Bonchev–Trinajstić information content (AvgIpc) is 2.74. The van der Waals surface area contributed by atoms with Crippen molar-refractivity contribution >= 4 is 11.3 Å². The molecule has 15 heavy (non-hydrogen) atoms. The lowest BCUT2D eigenvalue weighted by molar-refractivity contribution is 0.305. The van der Waals surface area contributed by atoms with Crippen molar-refractivity contribution in [3.63, 3.8) is 0 Å². The van der Waals surface area contributed by atoms with Gasteiger partial charge in [0.05, 0.1) is 6.61 Å². The van der Waals surface area contributed by atoms with Gasteiger partial charge >= 0.3 is 0 Å². The van der Waals surface area contributed by atoms with Gasteiger partial charge in [0.1, 0.15) is 0 Å². The third-order valence-electron chi connectivity index (χ3n) is 2.07. The van der Waals surface area contributed by atoms with Crippen LogP contribution in [0.25, 0.3) is 0 Å². The molecule has 0 amide bonds. The Bertz CT molecular complexity index is 411. The molecule has 1 aromatic carbocycles. The Morgan fingerprint density at radius 1 is 1.20 bits per heavy atom. The molecule has 0 aliphatic heterocycles. The predicted molar refractivity (Wildman–Crippen MR) is 59.9 cm³/mol. The monoisotopic (exact) mass is 222 g/mol. The van der Waals surface area contributed by atoms with Crippen LogP contribution in [-0.4, -0.2) is 6.61 Å². The Morgan fingerprint density at radius 2 is 2.07 bits per heavy atom. The van der Waals surface area contributed by atoms with Gasteiger partial charge in [0.2, 0.25) is 0 Å². The number of thiophene rings is 1. The van der Waals surface area contributed by atoms with Crippen molar-refractivity contribution in [1.82, 2.24) is 0 Å². The van der Waals surface area contributed by atoms with Crippen molar-refractivity contribution in [3.8, 4) is 5.75 Å². The third kappa shape index (κ3) is 2.80. The van der Waals surface area contributed by atoms with Gasteiger partial charge in [0.15, 0.2) is 11.6 Å². The molecule has 3 heteroatoms. The summed E-state index contributed by atoms with van der Waals surface area (Å²) in [7, 11) is 0. The van der Waals surface area contributed by atoms with Gasteiger partial charge in [0.25, 0.3) is 0 Å². The first-order valence-corrected chi connectivity index (χ1v) is 5.69. The fourth-order valence-electron chi connectivity index (χ4n) is 1.28. The highest BCUT2D eigenvalue weighted by Gasteiger charge is 2.01. The van der Waals surface area contributed by atoms with Crippen LogP contribution in [0.15, 0.2) is 41.1 Å². The van der Waals surface area contributed by atoms with Crippen molar-refractivity contribution in [1.29, 1.82) is 0 Å². The topological polar surface area (TPSA) is 9.23 Å². The molecule has 0 atom stereocenters. The van der Waals surface area contributed by atoms with E-state index >= 15 is 0 Å². The lowest BCUT2D eigenvalue weighted by Crippen LogP contribution is -2.01. The van der Waals surface area contributed by atoms with Crippen molar-refractivity contribution in [2.45, 2.75) is 6.42 Å². The Kier molecular flexibility index (Phi) is 3.35. The summed E-state index contributed by atoms with van der Waals surface area (Å²) < 4.78 is 18.5. The largest absolute Gasteiger partial charge is 0.490 e. The van der Waals surface area contributed by atoms with Crippen LogP contribution >= 0.6 is 11.3 Å². The quantitative estimate of drug-likeness (QED) is 0.769. The smallest absolute Gasteiger partial charge is 0.165 e. The lowest BCUT2D eigenvalue weighted by Gasteiger charge is -2.05. The van der Waals surface area contributed by atoms with Gasteiger partial charge in [-0.3, -0.25) is 0 Å². The van der Waals surface area contributed by atoms with Crippen molar-refractivity contribution in [2.24, 2.45) is 0 Å². The molecule has 0 aliphatic rings. The number of hydrogen-bond acceptors (Lipinski definition) is 2. The Balaban J connectivity index is 1.86. The van der Waals surface area contributed by atoms with Gasteiger partial charge in [-0.05, 0) is 34.5 Å². The zero-order valence-corrected chi connectivity index (χ0v) is 8.97. The zero-order chi connectivity index (χ0) is 10.5. The zero-order valence-electron chi connectivity index (χ0n) is 8.15. The second kappa shape index (κ2) is 4.94. The summed E-state index contributed by atoms with van der Waals surface area (Å²) >= 11 is 1.66. The minimum atomic E-state index is -0.303. The van der Waals surface area contributed by atoms with Gasteiger partial charge in [-0.25, -0.2) is 4.39 Å². The van der Waals surface area contributed by atoms with Crippen LogP contribution in [0.5, 0.6) is 5.75 Å². The number of para-hydroxylation sites is 1. The predicted octanol–water partition coefficient (Wildman–Crippen LogP) is 3.51. The molecular formula is C12H11FOS. The van der Waals surface area contributed by atoms with Crippen molar-refractivity contribution in [3.05, 3.63) is 52.5 Å². The van der Waals surface area contributed by atoms with E-state index in [-0.39, 0.29) is 5.82 Å². The summed E-state index contributed by atoms with van der Waals surface area (Å²) in [6.45, 7) is 0.512. The van der Waals surface area contributed by atoms with Gasteiger partial charge in [-0.15, -0.1) is 0 Å². The molecule has 0 saturated heterocycles. The number of ether oxygens (including phenoxy) is 1. The van der Waals surface area contributed by atoms with E-state index in [1.54, 1.807) is 29.5 Å². The maximum atomic E-state index is 13.1. The highest BCUT2D eigenvalue weighted by Crippen LogP contribution is 2.16. The molecule has 0 aliphatic carbocycles. The lowest BCUT2D eigenvalue weighted by atomic mass is 10.2. The minimum absolute atomic E-state index is 0.303. The van der Waals surface area contributed by atoms with E-state index in [1.807, 2.05) is 5.38 Å². The van der Waals surface area contributed by atoms with E-state index in [0.717, 1.165) is 6.42 Å². The molecule has 1 nitrogen and oxygen atoms in total. The molecule has 1 aromatic heterocycles. The number of rotatable bonds is 4. The number of halogens is 1. The maximum absolute atomic E-state index is 13.1. The SMILES string of the molecule is Fc1ccccc1OCCc1ccsc1. The van der Waals surface area contributed by atoms with Gasteiger partial charge < -0.3 is 4.74 Å². The van der Waals surface area contributed by atoms with E-state index in [0.29, 0.717) is 12.4 Å². The third-order valence-corrected chi connectivity index (χ3v) is 2.80. The molecule has 0 bridgehead atoms. The van der Waals surface area contributed by atoms with Crippen LogP contribution in [0.4, 0.5) is 4.39 Å². The summed E-state index contributed by atoms with van der Waals surface area (Å²) in [5, 5.41) is 4.10. The van der Waals surface area contributed by atoms with Crippen LogP contribution in [0, 0.1) is 5.82 Å². The fourth-order valence-corrected chi connectivity index (χ4v) is 1.98. The van der Waals surface area contributed by atoms with Crippen LogP contribution in [0.3, 0.4) is 0 Å².